The van der Waals surface area contributed by atoms with E-state index in [2.05, 4.69) is 22.2 Å². The molecule has 120 valence electrons. The number of halogens is 1. The fourth-order valence-corrected chi connectivity index (χ4v) is 3.44. The maximum atomic E-state index is 12.5. The molecule has 7 heteroatoms. The summed E-state index contributed by atoms with van der Waals surface area (Å²) in [7, 11) is 0. The number of aromatic nitrogens is 2. The molecule has 0 saturated heterocycles. The van der Waals surface area contributed by atoms with Crippen LogP contribution in [0.25, 0.3) is 0 Å². The van der Waals surface area contributed by atoms with Gasteiger partial charge in [0.2, 0.25) is 5.91 Å². The van der Waals surface area contributed by atoms with Gasteiger partial charge < -0.3 is 10.3 Å². The molecule has 2 N–H and O–H groups in total. The first kappa shape index (κ1) is 16.1. The molecule has 1 aliphatic rings. The monoisotopic (exact) mass is 349 g/mol. The Morgan fingerprint density at radius 1 is 1.30 bits per heavy atom. The number of benzene rings is 1. The molecule has 5 nitrogen and oxygen atoms in total. The number of carbonyl (C=O) groups excluding carboxylic acids is 1. The summed E-state index contributed by atoms with van der Waals surface area (Å²) < 4.78 is 0. The predicted octanol–water partition coefficient (Wildman–Crippen LogP) is 3.40. The molecular formula is C16H16ClN3O2S. The Bertz CT molecular complexity index is 789. The highest BCUT2D eigenvalue weighted by molar-refractivity contribution is 7.99. The van der Waals surface area contributed by atoms with Crippen LogP contribution in [0.5, 0.6) is 0 Å². The van der Waals surface area contributed by atoms with Crippen LogP contribution in [0.3, 0.4) is 0 Å². The molecule has 1 aliphatic heterocycles. The van der Waals surface area contributed by atoms with E-state index in [4.69, 9.17) is 11.6 Å². The number of carbonyl (C=O) groups is 1. The van der Waals surface area contributed by atoms with E-state index in [9.17, 15) is 9.59 Å². The number of nitrogens with one attached hydrogen (secondary N) is 2. The van der Waals surface area contributed by atoms with Crippen molar-refractivity contribution in [2.24, 2.45) is 0 Å². The number of hydrogen-bond donors (Lipinski definition) is 2. The molecule has 2 heterocycles. The van der Waals surface area contributed by atoms with E-state index < -0.39 is 0 Å². The Hall–Kier alpha value is -1.79. The van der Waals surface area contributed by atoms with Crippen molar-refractivity contribution in [3.8, 4) is 0 Å². The third-order valence-corrected chi connectivity index (χ3v) is 4.98. The average Bonchev–Trinajstić information content (AvgIpc) is 2.52. The molecule has 1 atom stereocenters. The zero-order valence-corrected chi connectivity index (χ0v) is 14.1. The molecule has 0 saturated carbocycles. The van der Waals surface area contributed by atoms with Gasteiger partial charge in [0, 0.05) is 23.1 Å². The molecule has 0 fully saturated rings. The lowest BCUT2D eigenvalue weighted by molar-refractivity contribution is -0.116. The van der Waals surface area contributed by atoms with Crippen molar-refractivity contribution in [1.82, 2.24) is 9.97 Å². The van der Waals surface area contributed by atoms with Crippen LogP contribution >= 0.6 is 23.4 Å². The van der Waals surface area contributed by atoms with Gasteiger partial charge in [-0.1, -0.05) is 42.4 Å². The van der Waals surface area contributed by atoms with Crippen LogP contribution in [0.4, 0.5) is 5.82 Å². The van der Waals surface area contributed by atoms with E-state index in [1.807, 2.05) is 12.1 Å². The lowest BCUT2D eigenvalue weighted by Crippen LogP contribution is -2.31. The van der Waals surface area contributed by atoms with E-state index in [0.29, 0.717) is 21.6 Å². The van der Waals surface area contributed by atoms with E-state index in [0.717, 1.165) is 17.7 Å². The molecule has 23 heavy (non-hydrogen) atoms. The molecule has 2 aromatic rings. The number of rotatable bonds is 4. The second-order valence-corrected chi connectivity index (χ2v) is 6.86. The number of anilines is 1. The van der Waals surface area contributed by atoms with E-state index in [1.165, 1.54) is 11.8 Å². The first-order valence-electron chi connectivity index (χ1n) is 7.40. The van der Waals surface area contributed by atoms with Crippen molar-refractivity contribution >= 4 is 35.1 Å². The lowest BCUT2D eigenvalue weighted by Gasteiger charge is -2.24. The van der Waals surface area contributed by atoms with Gasteiger partial charge in [0.05, 0.1) is 5.56 Å². The van der Waals surface area contributed by atoms with Gasteiger partial charge in [-0.3, -0.25) is 9.59 Å². The molecule has 1 amide bonds. The summed E-state index contributed by atoms with van der Waals surface area (Å²) in [5, 5.41) is 3.87. The van der Waals surface area contributed by atoms with E-state index >= 15 is 0 Å². The fraction of sp³-hybridized carbons (Fsp3) is 0.312. The first-order valence-corrected chi connectivity index (χ1v) is 8.77. The molecule has 0 unspecified atom stereocenters. The van der Waals surface area contributed by atoms with Crippen LogP contribution in [0.15, 0.2) is 34.2 Å². The highest BCUT2D eigenvalue weighted by atomic mass is 35.5. The van der Waals surface area contributed by atoms with Gasteiger partial charge in [-0.25, -0.2) is 4.98 Å². The number of thioether (sulfide) groups is 1. The van der Waals surface area contributed by atoms with Gasteiger partial charge >= 0.3 is 0 Å². The molecule has 1 aromatic carbocycles. The van der Waals surface area contributed by atoms with Gasteiger partial charge in [-0.15, -0.1) is 0 Å². The normalized spacial score (nSPS) is 16.8. The third kappa shape index (κ3) is 3.43. The minimum absolute atomic E-state index is 0.137. The summed E-state index contributed by atoms with van der Waals surface area (Å²) in [5.41, 5.74) is 1.19. The maximum Gasteiger partial charge on any atom is 0.257 e. The van der Waals surface area contributed by atoms with Crippen molar-refractivity contribution in [2.75, 3.05) is 11.1 Å². The Morgan fingerprint density at radius 3 is 2.74 bits per heavy atom. The zero-order valence-electron chi connectivity index (χ0n) is 12.6. The Labute approximate surface area is 142 Å². The standard InChI is InChI=1S/C16H16ClN3O2S/c1-2-7-23-16-19-14-13(15(22)20-16)11(8-12(21)18-14)9-3-5-10(17)6-4-9/h3-6,11H,2,7-8H2,1H3,(H2,18,19,20,21,22)/t11-/m0/s1. The summed E-state index contributed by atoms with van der Waals surface area (Å²) in [6.45, 7) is 2.06. The summed E-state index contributed by atoms with van der Waals surface area (Å²) in [6.07, 6.45) is 1.20. The number of fused-ring (bicyclic) bond motifs is 1. The van der Waals surface area contributed by atoms with Crippen molar-refractivity contribution in [3.05, 3.63) is 50.8 Å². The second kappa shape index (κ2) is 6.76. The summed E-state index contributed by atoms with van der Waals surface area (Å²) >= 11 is 7.39. The van der Waals surface area contributed by atoms with Crippen LogP contribution in [-0.4, -0.2) is 21.6 Å². The van der Waals surface area contributed by atoms with Gasteiger partial charge in [0.15, 0.2) is 5.16 Å². The predicted molar refractivity (Wildman–Crippen MR) is 92.4 cm³/mol. The summed E-state index contributed by atoms with van der Waals surface area (Å²) in [4.78, 5) is 31.8. The van der Waals surface area contributed by atoms with Crippen molar-refractivity contribution in [2.45, 2.75) is 30.8 Å². The van der Waals surface area contributed by atoms with Crippen LogP contribution in [0, 0.1) is 0 Å². The average molecular weight is 350 g/mol. The number of H-pyrrole nitrogens is 1. The number of aromatic amines is 1. The quantitative estimate of drug-likeness (QED) is 0.655. The highest BCUT2D eigenvalue weighted by Gasteiger charge is 2.30. The molecule has 0 aliphatic carbocycles. The Balaban J connectivity index is 2.05. The second-order valence-electron chi connectivity index (χ2n) is 5.34. The molecule has 3 rings (SSSR count). The third-order valence-electron chi connectivity index (χ3n) is 3.64. The van der Waals surface area contributed by atoms with Gasteiger partial charge in [0.1, 0.15) is 5.82 Å². The van der Waals surface area contributed by atoms with Crippen LogP contribution in [0.1, 0.15) is 36.8 Å². The van der Waals surface area contributed by atoms with Crippen LogP contribution in [0.2, 0.25) is 5.02 Å². The lowest BCUT2D eigenvalue weighted by atomic mass is 9.87. The highest BCUT2D eigenvalue weighted by Crippen LogP contribution is 2.34. The zero-order chi connectivity index (χ0) is 16.4. The van der Waals surface area contributed by atoms with Crippen molar-refractivity contribution in [3.63, 3.8) is 0 Å². The van der Waals surface area contributed by atoms with Crippen LogP contribution in [-0.2, 0) is 4.79 Å². The van der Waals surface area contributed by atoms with Gasteiger partial charge in [0.25, 0.3) is 5.56 Å². The molecule has 0 spiro atoms. The molecule has 0 bridgehead atoms. The van der Waals surface area contributed by atoms with Gasteiger partial charge in [-0.05, 0) is 24.1 Å². The topological polar surface area (TPSA) is 74.8 Å². The first-order chi connectivity index (χ1) is 11.1. The smallest absolute Gasteiger partial charge is 0.257 e. The number of amides is 1. The minimum Gasteiger partial charge on any atom is -0.310 e. The summed E-state index contributed by atoms with van der Waals surface area (Å²) in [5.74, 6) is 0.777. The largest absolute Gasteiger partial charge is 0.310 e. The molecule has 0 radical (unpaired) electrons. The van der Waals surface area contributed by atoms with Crippen molar-refractivity contribution < 1.29 is 4.79 Å². The summed E-state index contributed by atoms with van der Waals surface area (Å²) in [6, 6.07) is 7.20. The molecular weight excluding hydrogens is 334 g/mol. The van der Waals surface area contributed by atoms with E-state index in [1.54, 1.807) is 12.1 Å². The minimum atomic E-state index is -0.308. The fourth-order valence-electron chi connectivity index (χ4n) is 2.60. The SMILES string of the molecule is CCCSc1nc2c(c(=O)[nH]1)[C@H](c1ccc(Cl)cc1)CC(=O)N2. The van der Waals surface area contributed by atoms with Crippen LogP contribution < -0.4 is 10.9 Å². The Morgan fingerprint density at radius 2 is 2.04 bits per heavy atom. The van der Waals surface area contributed by atoms with Gasteiger partial charge in [-0.2, -0.15) is 0 Å². The number of hydrogen-bond acceptors (Lipinski definition) is 4. The molecule has 1 aromatic heterocycles. The maximum absolute atomic E-state index is 12.5. The number of nitrogens with zero attached hydrogens (tertiary/aromatic N) is 1. The van der Waals surface area contributed by atoms with E-state index in [-0.39, 0.29) is 23.8 Å². The Kier molecular flexibility index (Phi) is 4.73. The van der Waals surface area contributed by atoms with Crippen molar-refractivity contribution in [1.29, 1.82) is 0 Å².